The van der Waals surface area contributed by atoms with Crippen LogP contribution in [0.4, 0.5) is 17.3 Å². The number of anilines is 2. The highest BCUT2D eigenvalue weighted by atomic mass is 16.6. The third-order valence-corrected chi connectivity index (χ3v) is 5.05. The number of hydrogen-bond donors (Lipinski definition) is 1. The summed E-state index contributed by atoms with van der Waals surface area (Å²) in [5.74, 6) is 1.50. The van der Waals surface area contributed by atoms with Gasteiger partial charge >= 0.3 is 0 Å². The van der Waals surface area contributed by atoms with Gasteiger partial charge in [-0.05, 0) is 29.8 Å². The molecule has 2 heterocycles. The fraction of sp³-hybridized carbons (Fsp3) is 0.167. The number of rotatable bonds is 8. The van der Waals surface area contributed by atoms with Crippen molar-refractivity contribution in [3.8, 4) is 5.75 Å². The van der Waals surface area contributed by atoms with Crippen molar-refractivity contribution < 1.29 is 14.5 Å². The smallest absolute Gasteiger partial charge is 0.277 e. The lowest BCUT2D eigenvalue weighted by Gasteiger charge is -2.12. The molecule has 0 saturated heterocycles. The van der Waals surface area contributed by atoms with E-state index in [9.17, 15) is 14.9 Å². The van der Waals surface area contributed by atoms with Gasteiger partial charge < -0.3 is 15.0 Å². The van der Waals surface area contributed by atoms with Crippen LogP contribution in [0.3, 0.4) is 0 Å². The molecule has 1 amide bonds. The quantitative estimate of drug-likeness (QED) is 0.312. The number of non-ortho nitro benzene ring substituents is 1. The molecule has 0 bridgehead atoms. The number of amides is 1. The number of pyridine rings is 1. The minimum Gasteiger partial charge on any atom is -0.488 e. The number of carbonyl (C=O) groups is 1. The number of nitrogens with one attached hydrogen (secondary N) is 1. The van der Waals surface area contributed by atoms with Crippen LogP contribution in [0.5, 0.6) is 5.75 Å². The molecule has 34 heavy (non-hydrogen) atoms. The molecule has 0 radical (unpaired) electrons. The van der Waals surface area contributed by atoms with E-state index in [-0.39, 0.29) is 24.6 Å². The Kier molecular flexibility index (Phi) is 6.58. The summed E-state index contributed by atoms with van der Waals surface area (Å²) in [6.07, 6.45) is 4.90. The van der Waals surface area contributed by atoms with Gasteiger partial charge in [-0.15, -0.1) is 0 Å². The van der Waals surface area contributed by atoms with Gasteiger partial charge in [-0.1, -0.05) is 18.2 Å². The summed E-state index contributed by atoms with van der Waals surface area (Å²) in [5.41, 5.74) is 1.43. The third-order valence-electron chi connectivity index (χ3n) is 5.05. The van der Waals surface area contributed by atoms with Gasteiger partial charge in [-0.25, -0.2) is 9.97 Å². The Hall–Kier alpha value is -4.60. The van der Waals surface area contributed by atoms with E-state index < -0.39 is 4.92 Å². The van der Waals surface area contributed by atoms with Crippen LogP contribution in [0.15, 0.2) is 67.1 Å². The number of nitrogens with zero attached hydrogens (tertiary/aromatic N) is 5. The van der Waals surface area contributed by atoms with Crippen molar-refractivity contribution in [3.05, 3.63) is 88.5 Å². The topological polar surface area (TPSA) is 123 Å². The molecule has 10 nitrogen and oxygen atoms in total. The highest BCUT2D eigenvalue weighted by Crippen LogP contribution is 2.33. The molecule has 0 atom stereocenters. The molecule has 172 valence electrons. The van der Waals surface area contributed by atoms with Crippen molar-refractivity contribution in [1.82, 2.24) is 19.9 Å². The van der Waals surface area contributed by atoms with Gasteiger partial charge in [-0.2, -0.15) is 0 Å². The fourth-order valence-corrected chi connectivity index (χ4v) is 3.33. The Morgan fingerprint density at radius 1 is 1.09 bits per heavy atom. The normalized spacial score (nSPS) is 10.6. The van der Waals surface area contributed by atoms with Crippen molar-refractivity contribution in [2.75, 3.05) is 19.4 Å². The first-order chi connectivity index (χ1) is 16.4. The molecule has 4 aromatic rings. The fourth-order valence-electron chi connectivity index (χ4n) is 3.33. The van der Waals surface area contributed by atoms with E-state index in [0.29, 0.717) is 33.9 Å². The molecule has 0 fully saturated rings. The van der Waals surface area contributed by atoms with Gasteiger partial charge in [0.25, 0.3) is 5.69 Å². The van der Waals surface area contributed by atoms with E-state index in [0.717, 1.165) is 5.56 Å². The Labute approximate surface area is 195 Å². The number of aromatic nitrogens is 3. The van der Waals surface area contributed by atoms with E-state index >= 15 is 0 Å². The predicted octanol–water partition coefficient (Wildman–Crippen LogP) is 3.89. The number of fused-ring (bicyclic) bond motifs is 1. The van der Waals surface area contributed by atoms with E-state index in [1.165, 1.54) is 11.0 Å². The Bertz CT molecular complexity index is 1360. The molecule has 0 unspecified atom stereocenters. The molecule has 2 aromatic heterocycles. The second-order valence-electron chi connectivity index (χ2n) is 7.71. The second kappa shape index (κ2) is 9.90. The average molecular weight is 458 g/mol. The summed E-state index contributed by atoms with van der Waals surface area (Å²) in [5, 5.41) is 15.6. The van der Waals surface area contributed by atoms with Crippen LogP contribution < -0.4 is 10.1 Å². The zero-order chi connectivity index (χ0) is 24.1. The first kappa shape index (κ1) is 22.6. The lowest BCUT2D eigenvalue weighted by Crippen LogP contribution is -2.24. The number of nitro benzene ring substituents is 1. The van der Waals surface area contributed by atoms with Crippen LogP contribution in [0.1, 0.15) is 11.3 Å². The van der Waals surface area contributed by atoms with Crippen molar-refractivity contribution >= 4 is 34.0 Å². The lowest BCUT2D eigenvalue weighted by molar-refractivity contribution is -0.383. The maximum absolute atomic E-state index is 11.9. The minimum absolute atomic E-state index is 0.0361. The number of ether oxygens (including phenoxy) is 1. The van der Waals surface area contributed by atoms with Crippen LogP contribution >= 0.6 is 0 Å². The van der Waals surface area contributed by atoms with Crippen LogP contribution in [0, 0.1) is 10.1 Å². The molecule has 4 rings (SSSR count). The molecular weight excluding hydrogens is 436 g/mol. The maximum atomic E-state index is 11.9. The van der Waals surface area contributed by atoms with Gasteiger partial charge in [0, 0.05) is 37.9 Å². The van der Waals surface area contributed by atoms with E-state index in [2.05, 4.69) is 20.3 Å². The van der Waals surface area contributed by atoms with Crippen molar-refractivity contribution in [2.24, 2.45) is 0 Å². The average Bonchev–Trinajstić information content (AvgIpc) is 2.82. The molecule has 10 heteroatoms. The Balaban J connectivity index is 1.48. The summed E-state index contributed by atoms with van der Waals surface area (Å²) in [7, 11) is 3.38. The van der Waals surface area contributed by atoms with Gasteiger partial charge in [0.2, 0.25) is 5.91 Å². The van der Waals surface area contributed by atoms with Crippen LogP contribution in [0.2, 0.25) is 0 Å². The van der Waals surface area contributed by atoms with Gasteiger partial charge in [-0.3, -0.25) is 19.9 Å². The highest BCUT2D eigenvalue weighted by Gasteiger charge is 2.15. The summed E-state index contributed by atoms with van der Waals surface area (Å²) in [6, 6.07) is 13.8. The van der Waals surface area contributed by atoms with Gasteiger partial charge in [0.1, 0.15) is 24.0 Å². The zero-order valence-corrected chi connectivity index (χ0v) is 18.6. The first-order valence-electron chi connectivity index (χ1n) is 10.4. The van der Waals surface area contributed by atoms with Gasteiger partial charge in [0.15, 0.2) is 0 Å². The highest BCUT2D eigenvalue weighted by molar-refractivity contribution is 5.95. The summed E-state index contributed by atoms with van der Waals surface area (Å²) in [6.45, 7) is 0.238. The van der Waals surface area contributed by atoms with Gasteiger partial charge in [0.05, 0.1) is 28.6 Å². The molecule has 0 aliphatic rings. The van der Waals surface area contributed by atoms with E-state index in [1.54, 1.807) is 57.0 Å². The molecule has 0 spiro atoms. The zero-order valence-electron chi connectivity index (χ0n) is 18.6. The number of nitro groups is 1. The van der Waals surface area contributed by atoms with Crippen molar-refractivity contribution in [1.29, 1.82) is 0 Å². The Morgan fingerprint density at radius 3 is 2.65 bits per heavy atom. The van der Waals surface area contributed by atoms with Crippen molar-refractivity contribution in [3.63, 3.8) is 0 Å². The second-order valence-corrected chi connectivity index (χ2v) is 7.71. The summed E-state index contributed by atoms with van der Waals surface area (Å²) >= 11 is 0. The monoisotopic (exact) mass is 458 g/mol. The largest absolute Gasteiger partial charge is 0.488 e. The number of hydrogen-bond acceptors (Lipinski definition) is 8. The third kappa shape index (κ3) is 5.23. The number of likely N-dealkylation sites (N-methyl/N-ethyl adjacent to an activating group) is 1. The van der Waals surface area contributed by atoms with E-state index in [1.807, 2.05) is 18.2 Å². The van der Waals surface area contributed by atoms with E-state index in [4.69, 9.17) is 4.74 Å². The minimum atomic E-state index is -0.402. The van der Waals surface area contributed by atoms with Crippen molar-refractivity contribution in [2.45, 2.75) is 13.0 Å². The summed E-state index contributed by atoms with van der Waals surface area (Å²) < 4.78 is 5.98. The van der Waals surface area contributed by atoms with Crippen LogP contribution in [0.25, 0.3) is 10.8 Å². The van der Waals surface area contributed by atoms with Crippen LogP contribution in [-0.2, 0) is 17.8 Å². The van der Waals surface area contributed by atoms with Crippen LogP contribution in [-0.4, -0.2) is 44.8 Å². The molecule has 1 N–H and O–H groups in total. The number of benzene rings is 2. The molecule has 0 aliphatic heterocycles. The maximum Gasteiger partial charge on any atom is 0.277 e. The lowest BCUT2D eigenvalue weighted by atomic mass is 10.1. The molecule has 0 aliphatic carbocycles. The predicted molar refractivity (Wildman–Crippen MR) is 127 cm³/mol. The SMILES string of the molecule is CN(C)C(=O)Cc1cncc(Nc2cc(COc3ccc([N+](=O)[O-])c4ccccc34)ccn2)n1. The first-order valence-corrected chi connectivity index (χ1v) is 10.4. The summed E-state index contributed by atoms with van der Waals surface area (Å²) in [4.78, 5) is 37.2. The molecule has 2 aromatic carbocycles. The Morgan fingerprint density at radius 2 is 1.88 bits per heavy atom. The standard InChI is InChI=1S/C24H22N6O4/c1-29(2)24(31)12-17-13-25-14-23(27-17)28-22-11-16(9-10-26-22)15-34-21-8-7-20(30(32)33)18-5-3-4-6-19(18)21/h3-11,13-14H,12,15H2,1-2H3,(H,26,27,28). The molecule has 0 saturated carbocycles. The number of carbonyl (C=O) groups excluding carboxylic acids is 1. The molecular formula is C24H22N6O4.